The molecule has 0 spiro atoms. The van der Waals surface area contributed by atoms with Crippen LogP contribution in [0.4, 0.5) is 5.69 Å². The van der Waals surface area contributed by atoms with Gasteiger partial charge in [-0.1, -0.05) is 15.9 Å². The Hall–Kier alpha value is -0.870. The van der Waals surface area contributed by atoms with Crippen LogP contribution in [-0.2, 0) is 4.79 Å². The summed E-state index contributed by atoms with van der Waals surface area (Å²) in [6.45, 7) is 1.97. The highest BCUT2D eigenvalue weighted by Gasteiger charge is 2.00. The summed E-state index contributed by atoms with van der Waals surface area (Å²) < 4.78 is 0.944. The van der Waals surface area contributed by atoms with E-state index < -0.39 is 0 Å². The van der Waals surface area contributed by atoms with Gasteiger partial charge in [-0.25, -0.2) is 0 Å². The van der Waals surface area contributed by atoms with E-state index in [9.17, 15) is 4.79 Å². The third-order valence-electron chi connectivity index (χ3n) is 1.51. The second-order valence-electron chi connectivity index (χ2n) is 2.77. The Kier molecular flexibility index (Phi) is 3.45. The van der Waals surface area contributed by atoms with Crippen LogP contribution in [0.25, 0.3) is 0 Å². The molecule has 0 aliphatic heterocycles. The largest absolute Gasteiger partial charge is 0.325 e. The average molecular weight is 243 g/mol. The van der Waals surface area contributed by atoms with E-state index in [0.717, 1.165) is 15.7 Å². The molecule has 0 bridgehead atoms. The lowest BCUT2D eigenvalue weighted by molar-refractivity contribution is -0.114. The molecule has 0 radical (unpaired) electrons. The predicted molar refractivity (Wildman–Crippen MR) is 56.6 cm³/mol. The molecule has 1 aromatic rings. The van der Waals surface area contributed by atoms with Gasteiger partial charge in [-0.05, 0) is 30.7 Å². The zero-order chi connectivity index (χ0) is 9.84. The maximum atomic E-state index is 11.0. The molecule has 1 aromatic carbocycles. The van der Waals surface area contributed by atoms with E-state index in [4.69, 9.17) is 5.73 Å². The van der Waals surface area contributed by atoms with Crippen LogP contribution in [0.2, 0.25) is 0 Å². The van der Waals surface area contributed by atoms with Crippen molar-refractivity contribution in [2.24, 2.45) is 5.73 Å². The first-order valence-corrected chi connectivity index (χ1v) is 4.68. The van der Waals surface area contributed by atoms with Crippen molar-refractivity contribution in [3.63, 3.8) is 0 Å². The number of halogens is 1. The van der Waals surface area contributed by atoms with Crippen LogP contribution in [-0.4, -0.2) is 12.5 Å². The number of hydrogen-bond donors (Lipinski definition) is 2. The van der Waals surface area contributed by atoms with Crippen LogP contribution >= 0.6 is 15.9 Å². The molecule has 3 N–H and O–H groups in total. The van der Waals surface area contributed by atoms with Crippen molar-refractivity contribution >= 4 is 27.5 Å². The van der Waals surface area contributed by atoms with Gasteiger partial charge >= 0.3 is 0 Å². The first-order valence-electron chi connectivity index (χ1n) is 3.89. The lowest BCUT2D eigenvalue weighted by Crippen LogP contribution is -2.21. The molecule has 4 heteroatoms. The van der Waals surface area contributed by atoms with Crippen LogP contribution < -0.4 is 11.1 Å². The van der Waals surface area contributed by atoms with Crippen LogP contribution in [0.1, 0.15) is 5.56 Å². The quantitative estimate of drug-likeness (QED) is 0.829. The number of amides is 1. The minimum absolute atomic E-state index is 0.00552. The predicted octanol–water partition coefficient (Wildman–Crippen LogP) is 1.65. The molecule has 0 fully saturated rings. The second kappa shape index (κ2) is 4.39. The fourth-order valence-corrected chi connectivity index (χ4v) is 1.63. The monoisotopic (exact) mass is 242 g/mol. The second-order valence-corrected chi connectivity index (χ2v) is 3.69. The molecular weight excluding hydrogens is 232 g/mol. The minimum atomic E-state index is -0.183. The Labute approximate surface area is 85.4 Å². The van der Waals surface area contributed by atoms with Crippen molar-refractivity contribution < 1.29 is 4.79 Å². The SMILES string of the molecule is Cc1cc(Br)cc(NC(=O)CN)c1. The molecule has 0 saturated carbocycles. The highest BCUT2D eigenvalue weighted by molar-refractivity contribution is 9.10. The third kappa shape index (κ3) is 3.16. The summed E-state index contributed by atoms with van der Waals surface area (Å²) in [5.74, 6) is -0.183. The van der Waals surface area contributed by atoms with Crippen LogP contribution in [0, 0.1) is 6.92 Å². The number of aryl methyl sites for hydroxylation is 1. The number of nitrogens with two attached hydrogens (primary N) is 1. The normalized spacial score (nSPS) is 9.77. The summed E-state index contributed by atoms with van der Waals surface area (Å²) >= 11 is 3.34. The van der Waals surface area contributed by atoms with Gasteiger partial charge in [0.05, 0.1) is 6.54 Å². The number of anilines is 1. The highest BCUT2D eigenvalue weighted by Crippen LogP contribution is 2.18. The van der Waals surface area contributed by atoms with E-state index in [2.05, 4.69) is 21.2 Å². The zero-order valence-corrected chi connectivity index (χ0v) is 8.89. The topological polar surface area (TPSA) is 55.1 Å². The molecule has 1 rings (SSSR count). The number of rotatable bonds is 2. The Morgan fingerprint density at radius 1 is 1.54 bits per heavy atom. The number of carbonyl (C=O) groups is 1. The lowest BCUT2D eigenvalue weighted by atomic mass is 10.2. The lowest BCUT2D eigenvalue weighted by Gasteiger charge is -2.04. The first-order chi connectivity index (χ1) is 6.11. The molecule has 0 saturated heterocycles. The molecule has 0 heterocycles. The fourth-order valence-electron chi connectivity index (χ4n) is 1.02. The van der Waals surface area contributed by atoms with Crippen molar-refractivity contribution in [1.82, 2.24) is 0 Å². The average Bonchev–Trinajstić information content (AvgIpc) is 2.02. The van der Waals surface area contributed by atoms with Gasteiger partial charge in [0.1, 0.15) is 0 Å². The van der Waals surface area contributed by atoms with E-state index >= 15 is 0 Å². The molecular formula is C9H11BrN2O. The minimum Gasteiger partial charge on any atom is -0.325 e. The molecule has 70 valence electrons. The number of carbonyl (C=O) groups excluding carboxylic acids is 1. The summed E-state index contributed by atoms with van der Waals surface area (Å²) in [4.78, 5) is 11.0. The van der Waals surface area contributed by atoms with Gasteiger partial charge in [-0.2, -0.15) is 0 Å². The van der Waals surface area contributed by atoms with Gasteiger partial charge < -0.3 is 11.1 Å². The fraction of sp³-hybridized carbons (Fsp3) is 0.222. The van der Waals surface area contributed by atoms with E-state index in [1.807, 2.05) is 25.1 Å². The molecule has 0 aliphatic rings. The highest BCUT2D eigenvalue weighted by atomic mass is 79.9. The van der Waals surface area contributed by atoms with Gasteiger partial charge in [-0.15, -0.1) is 0 Å². The Morgan fingerprint density at radius 3 is 2.77 bits per heavy atom. The molecule has 0 aromatic heterocycles. The summed E-state index contributed by atoms with van der Waals surface area (Å²) in [6, 6.07) is 5.69. The van der Waals surface area contributed by atoms with Gasteiger partial charge in [0.2, 0.25) is 5.91 Å². The van der Waals surface area contributed by atoms with Crippen molar-refractivity contribution in [3.05, 3.63) is 28.2 Å². The summed E-state index contributed by atoms with van der Waals surface area (Å²) in [5.41, 5.74) is 7.02. The smallest absolute Gasteiger partial charge is 0.238 e. The van der Waals surface area contributed by atoms with E-state index in [-0.39, 0.29) is 12.5 Å². The standard InChI is InChI=1S/C9H11BrN2O/c1-6-2-7(10)4-8(3-6)12-9(13)5-11/h2-4H,5,11H2,1H3,(H,12,13). The Morgan fingerprint density at radius 2 is 2.23 bits per heavy atom. The molecule has 0 aliphatic carbocycles. The van der Waals surface area contributed by atoms with Crippen LogP contribution in [0.15, 0.2) is 22.7 Å². The summed E-state index contributed by atoms with van der Waals surface area (Å²) in [7, 11) is 0. The Balaban J connectivity index is 2.83. The van der Waals surface area contributed by atoms with E-state index in [1.54, 1.807) is 0 Å². The zero-order valence-electron chi connectivity index (χ0n) is 7.30. The van der Waals surface area contributed by atoms with Crippen molar-refractivity contribution in [2.45, 2.75) is 6.92 Å². The van der Waals surface area contributed by atoms with Gasteiger partial charge in [-0.3, -0.25) is 4.79 Å². The molecule has 1 amide bonds. The molecule has 3 nitrogen and oxygen atoms in total. The van der Waals surface area contributed by atoms with Crippen molar-refractivity contribution in [1.29, 1.82) is 0 Å². The van der Waals surface area contributed by atoms with E-state index in [0.29, 0.717) is 0 Å². The van der Waals surface area contributed by atoms with Crippen LogP contribution in [0.3, 0.4) is 0 Å². The molecule has 0 unspecified atom stereocenters. The van der Waals surface area contributed by atoms with Crippen molar-refractivity contribution in [2.75, 3.05) is 11.9 Å². The van der Waals surface area contributed by atoms with Gasteiger partial charge in [0.15, 0.2) is 0 Å². The summed E-state index contributed by atoms with van der Waals surface area (Å²) in [6.07, 6.45) is 0. The molecule has 0 atom stereocenters. The first kappa shape index (κ1) is 10.2. The van der Waals surface area contributed by atoms with Gasteiger partial charge in [0, 0.05) is 10.2 Å². The maximum absolute atomic E-state index is 11.0. The Bertz CT molecular complexity index is 305. The maximum Gasteiger partial charge on any atom is 0.238 e. The molecule has 13 heavy (non-hydrogen) atoms. The summed E-state index contributed by atoms with van der Waals surface area (Å²) in [5, 5.41) is 2.68. The number of benzene rings is 1. The van der Waals surface area contributed by atoms with Crippen LogP contribution in [0.5, 0.6) is 0 Å². The van der Waals surface area contributed by atoms with Gasteiger partial charge in [0.25, 0.3) is 0 Å². The number of hydrogen-bond acceptors (Lipinski definition) is 2. The van der Waals surface area contributed by atoms with E-state index in [1.165, 1.54) is 0 Å². The van der Waals surface area contributed by atoms with Crippen molar-refractivity contribution in [3.8, 4) is 0 Å². The third-order valence-corrected chi connectivity index (χ3v) is 1.97. The number of nitrogens with one attached hydrogen (secondary N) is 1.